The Bertz CT molecular complexity index is 320. The van der Waals surface area contributed by atoms with Gasteiger partial charge in [0.15, 0.2) is 0 Å². The second kappa shape index (κ2) is 6.02. The molecule has 0 heterocycles. The Morgan fingerprint density at radius 2 is 1.81 bits per heavy atom. The summed E-state index contributed by atoms with van der Waals surface area (Å²) in [6.45, 7) is 7.87. The molecular formula is C14H23NO. The van der Waals surface area contributed by atoms with Crippen LogP contribution in [0.4, 0.5) is 0 Å². The molecule has 1 aromatic carbocycles. The molecular weight excluding hydrogens is 198 g/mol. The van der Waals surface area contributed by atoms with Gasteiger partial charge in [0, 0.05) is 13.1 Å². The van der Waals surface area contributed by atoms with E-state index in [0.717, 1.165) is 6.54 Å². The van der Waals surface area contributed by atoms with Crippen LogP contribution in [0.1, 0.15) is 37.8 Å². The molecule has 90 valence electrons. The quantitative estimate of drug-likeness (QED) is 0.826. The van der Waals surface area contributed by atoms with Gasteiger partial charge in [0.05, 0.1) is 6.10 Å². The van der Waals surface area contributed by atoms with Crippen LogP contribution in [0, 0.1) is 0 Å². The number of aliphatic hydroxyl groups excluding tert-OH is 1. The minimum absolute atomic E-state index is 0.267. The maximum Gasteiger partial charge on any atom is 0.0639 e. The Morgan fingerprint density at radius 1 is 1.19 bits per heavy atom. The lowest BCUT2D eigenvalue weighted by Gasteiger charge is -2.21. The van der Waals surface area contributed by atoms with Crippen molar-refractivity contribution in [3.8, 4) is 0 Å². The molecule has 1 rings (SSSR count). The van der Waals surface area contributed by atoms with Crippen LogP contribution < -0.4 is 0 Å². The van der Waals surface area contributed by atoms with E-state index in [9.17, 15) is 5.11 Å². The van der Waals surface area contributed by atoms with Gasteiger partial charge in [-0.1, -0.05) is 38.1 Å². The maximum atomic E-state index is 9.34. The van der Waals surface area contributed by atoms with Crippen molar-refractivity contribution in [2.75, 3.05) is 13.6 Å². The van der Waals surface area contributed by atoms with E-state index in [1.165, 1.54) is 11.1 Å². The highest BCUT2D eigenvalue weighted by Gasteiger charge is 2.09. The van der Waals surface area contributed by atoms with Gasteiger partial charge in [-0.2, -0.15) is 0 Å². The molecule has 0 fully saturated rings. The highest BCUT2D eigenvalue weighted by molar-refractivity contribution is 5.29. The van der Waals surface area contributed by atoms with Crippen LogP contribution in [0.5, 0.6) is 0 Å². The summed E-state index contributed by atoms with van der Waals surface area (Å²) in [4.78, 5) is 2.16. The van der Waals surface area contributed by atoms with Gasteiger partial charge < -0.3 is 5.11 Å². The molecule has 0 aliphatic rings. The van der Waals surface area contributed by atoms with Gasteiger partial charge in [0.25, 0.3) is 0 Å². The number of aliphatic hydroxyl groups is 1. The first-order valence-electron chi connectivity index (χ1n) is 5.95. The monoisotopic (exact) mass is 221 g/mol. The molecule has 16 heavy (non-hydrogen) atoms. The second-order valence-corrected chi connectivity index (χ2v) is 4.90. The molecule has 0 saturated heterocycles. The molecule has 0 aliphatic heterocycles. The lowest BCUT2D eigenvalue weighted by Crippen LogP contribution is -2.27. The van der Waals surface area contributed by atoms with Crippen molar-refractivity contribution in [2.45, 2.75) is 39.3 Å². The Kier molecular flexibility index (Phi) is 4.97. The van der Waals surface area contributed by atoms with Crippen LogP contribution in [0.15, 0.2) is 24.3 Å². The summed E-state index contributed by atoms with van der Waals surface area (Å²) in [6.07, 6.45) is -0.267. The average molecular weight is 221 g/mol. The van der Waals surface area contributed by atoms with Crippen molar-refractivity contribution in [1.29, 1.82) is 0 Å². The van der Waals surface area contributed by atoms with Crippen LogP contribution in [-0.4, -0.2) is 29.7 Å². The Hall–Kier alpha value is -0.860. The summed E-state index contributed by atoms with van der Waals surface area (Å²) in [6, 6.07) is 8.54. The average Bonchev–Trinajstić information content (AvgIpc) is 2.16. The molecule has 1 aromatic rings. The SMILES string of the molecule is CC(O)CN(C)Cc1ccccc1C(C)C. The molecule has 2 heteroatoms. The number of hydrogen-bond donors (Lipinski definition) is 1. The van der Waals surface area contributed by atoms with E-state index in [1.807, 2.05) is 14.0 Å². The third-order valence-corrected chi connectivity index (χ3v) is 2.69. The standard InChI is InChI=1S/C14H23NO/c1-11(2)14-8-6-5-7-13(14)10-15(4)9-12(3)16/h5-8,11-12,16H,9-10H2,1-4H3. The Labute approximate surface area is 98.9 Å². The van der Waals surface area contributed by atoms with Crippen LogP contribution in [0.3, 0.4) is 0 Å². The van der Waals surface area contributed by atoms with E-state index in [-0.39, 0.29) is 6.10 Å². The van der Waals surface area contributed by atoms with Gasteiger partial charge in [-0.25, -0.2) is 0 Å². The van der Waals surface area contributed by atoms with Crippen LogP contribution in [0.25, 0.3) is 0 Å². The number of rotatable bonds is 5. The normalized spacial score (nSPS) is 13.4. The fourth-order valence-electron chi connectivity index (χ4n) is 2.05. The fraction of sp³-hybridized carbons (Fsp3) is 0.571. The van der Waals surface area contributed by atoms with Crippen molar-refractivity contribution in [1.82, 2.24) is 4.90 Å². The smallest absolute Gasteiger partial charge is 0.0639 e. The fourth-order valence-corrected chi connectivity index (χ4v) is 2.05. The highest BCUT2D eigenvalue weighted by atomic mass is 16.3. The molecule has 0 amide bonds. The molecule has 0 saturated carbocycles. The second-order valence-electron chi connectivity index (χ2n) is 4.90. The topological polar surface area (TPSA) is 23.5 Å². The summed E-state index contributed by atoms with van der Waals surface area (Å²) in [5.41, 5.74) is 2.76. The molecule has 0 bridgehead atoms. The van der Waals surface area contributed by atoms with Gasteiger partial charge in [-0.3, -0.25) is 4.90 Å². The van der Waals surface area contributed by atoms with E-state index < -0.39 is 0 Å². The first-order valence-corrected chi connectivity index (χ1v) is 5.95. The Morgan fingerprint density at radius 3 is 2.38 bits per heavy atom. The lowest BCUT2D eigenvalue weighted by molar-refractivity contribution is 0.138. The zero-order valence-corrected chi connectivity index (χ0v) is 10.8. The van der Waals surface area contributed by atoms with E-state index in [2.05, 4.69) is 43.0 Å². The maximum absolute atomic E-state index is 9.34. The lowest BCUT2D eigenvalue weighted by atomic mass is 9.97. The molecule has 0 radical (unpaired) electrons. The minimum Gasteiger partial charge on any atom is -0.392 e. The van der Waals surface area contributed by atoms with Gasteiger partial charge in [0.1, 0.15) is 0 Å². The van der Waals surface area contributed by atoms with Crippen LogP contribution in [0.2, 0.25) is 0 Å². The minimum atomic E-state index is -0.267. The summed E-state index contributed by atoms with van der Waals surface area (Å²) < 4.78 is 0. The first-order chi connectivity index (χ1) is 7.50. The number of hydrogen-bond acceptors (Lipinski definition) is 2. The summed E-state index contributed by atoms with van der Waals surface area (Å²) >= 11 is 0. The van der Waals surface area contributed by atoms with Gasteiger partial charge >= 0.3 is 0 Å². The molecule has 0 aromatic heterocycles. The van der Waals surface area contributed by atoms with E-state index in [0.29, 0.717) is 12.5 Å². The van der Waals surface area contributed by atoms with Crippen molar-refractivity contribution in [3.63, 3.8) is 0 Å². The molecule has 0 aliphatic carbocycles. The zero-order chi connectivity index (χ0) is 12.1. The summed E-state index contributed by atoms with van der Waals surface area (Å²) in [5.74, 6) is 0.552. The summed E-state index contributed by atoms with van der Waals surface area (Å²) in [5, 5.41) is 9.34. The zero-order valence-electron chi connectivity index (χ0n) is 10.8. The van der Waals surface area contributed by atoms with Crippen LogP contribution in [-0.2, 0) is 6.54 Å². The molecule has 2 nitrogen and oxygen atoms in total. The third kappa shape index (κ3) is 3.95. The van der Waals surface area contributed by atoms with Crippen molar-refractivity contribution < 1.29 is 5.11 Å². The number of nitrogens with zero attached hydrogens (tertiary/aromatic N) is 1. The largest absolute Gasteiger partial charge is 0.392 e. The van der Waals surface area contributed by atoms with Crippen molar-refractivity contribution in [2.24, 2.45) is 0 Å². The Balaban J connectivity index is 2.72. The molecule has 1 unspecified atom stereocenters. The number of benzene rings is 1. The highest BCUT2D eigenvalue weighted by Crippen LogP contribution is 2.20. The molecule has 1 atom stereocenters. The van der Waals surface area contributed by atoms with Crippen molar-refractivity contribution >= 4 is 0 Å². The van der Waals surface area contributed by atoms with E-state index in [4.69, 9.17) is 0 Å². The predicted octanol–water partition coefficient (Wildman–Crippen LogP) is 2.62. The molecule has 0 spiro atoms. The van der Waals surface area contributed by atoms with Crippen molar-refractivity contribution in [3.05, 3.63) is 35.4 Å². The van der Waals surface area contributed by atoms with Gasteiger partial charge in [-0.15, -0.1) is 0 Å². The first kappa shape index (κ1) is 13.2. The van der Waals surface area contributed by atoms with Crippen LogP contribution >= 0.6 is 0 Å². The third-order valence-electron chi connectivity index (χ3n) is 2.69. The molecule has 1 N–H and O–H groups in total. The van der Waals surface area contributed by atoms with Gasteiger partial charge in [0.2, 0.25) is 0 Å². The van der Waals surface area contributed by atoms with E-state index >= 15 is 0 Å². The summed E-state index contributed by atoms with van der Waals surface area (Å²) in [7, 11) is 2.05. The van der Waals surface area contributed by atoms with E-state index in [1.54, 1.807) is 0 Å². The van der Waals surface area contributed by atoms with Gasteiger partial charge in [-0.05, 0) is 31.0 Å². The number of likely N-dealkylation sites (N-methyl/N-ethyl adjacent to an activating group) is 1. The predicted molar refractivity (Wildman–Crippen MR) is 68.5 cm³/mol.